The molecule has 0 heterocycles. The summed E-state index contributed by atoms with van der Waals surface area (Å²) < 4.78 is 0. The SMILES string of the molecule is O=C(O)C(Cl)C(CCl)(CCl)CCCCCCCCCCC(CCl)(CCl)C(Cl)C(=O)O. The van der Waals surface area contributed by atoms with Crippen molar-refractivity contribution >= 4 is 81.5 Å². The standard InChI is InChI=1S/C20H32Cl6O4/c21-11-19(12-22,15(25)17(27)28)9-7-5-3-1-2-4-6-8-10-20(13-23,14-24)16(26)18(29)30/h15-16H,1-14H2,(H,27,28)(H,29,30). The highest BCUT2D eigenvalue weighted by molar-refractivity contribution is 6.33. The lowest BCUT2D eigenvalue weighted by Gasteiger charge is -2.32. The highest BCUT2D eigenvalue weighted by Gasteiger charge is 2.41. The minimum absolute atomic E-state index is 0.119. The van der Waals surface area contributed by atoms with Gasteiger partial charge >= 0.3 is 11.9 Å². The Balaban J connectivity index is 4.08. The minimum Gasteiger partial charge on any atom is -0.480 e. The molecule has 0 amide bonds. The molecule has 0 aliphatic heterocycles. The first-order chi connectivity index (χ1) is 14.2. The molecule has 0 spiro atoms. The van der Waals surface area contributed by atoms with Crippen LogP contribution < -0.4 is 0 Å². The van der Waals surface area contributed by atoms with Gasteiger partial charge in [-0.05, 0) is 12.8 Å². The Morgan fingerprint density at radius 1 is 0.567 bits per heavy atom. The van der Waals surface area contributed by atoms with Crippen LogP contribution >= 0.6 is 69.6 Å². The maximum absolute atomic E-state index is 11.2. The molecule has 0 fully saturated rings. The molecule has 0 aliphatic carbocycles. The van der Waals surface area contributed by atoms with Crippen LogP contribution in [-0.2, 0) is 9.59 Å². The molecule has 0 bridgehead atoms. The van der Waals surface area contributed by atoms with Crippen molar-refractivity contribution in [3.63, 3.8) is 0 Å². The third-order valence-electron chi connectivity index (χ3n) is 5.67. The smallest absolute Gasteiger partial charge is 0.322 e. The first kappa shape index (κ1) is 30.7. The van der Waals surface area contributed by atoms with E-state index in [1.54, 1.807) is 0 Å². The number of carbonyl (C=O) groups is 2. The molecular weight excluding hydrogens is 517 g/mol. The van der Waals surface area contributed by atoms with Crippen LogP contribution in [0.25, 0.3) is 0 Å². The molecule has 2 atom stereocenters. The lowest BCUT2D eigenvalue weighted by Crippen LogP contribution is -2.40. The normalized spacial score (nSPS) is 14.5. The second-order valence-corrected chi connectivity index (χ2v) is 9.93. The summed E-state index contributed by atoms with van der Waals surface area (Å²) in [4.78, 5) is 22.4. The zero-order valence-corrected chi connectivity index (χ0v) is 21.6. The van der Waals surface area contributed by atoms with Crippen molar-refractivity contribution < 1.29 is 19.8 Å². The van der Waals surface area contributed by atoms with E-state index in [1.165, 1.54) is 0 Å². The Morgan fingerprint density at radius 2 is 0.800 bits per heavy atom. The second kappa shape index (κ2) is 16.3. The fourth-order valence-corrected chi connectivity index (χ4v) is 5.97. The average Bonchev–Trinajstić information content (AvgIpc) is 2.74. The number of carboxylic acid groups (broad SMARTS) is 2. The molecule has 0 aromatic carbocycles. The van der Waals surface area contributed by atoms with E-state index in [0.717, 1.165) is 51.4 Å². The van der Waals surface area contributed by atoms with Crippen molar-refractivity contribution in [3.8, 4) is 0 Å². The summed E-state index contributed by atoms with van der Waals surface area (Å²) >= 11 is 35.9. The Hall–Kier alpha value is 0.680. The van der Waals surface area contributed by atoms with Gasteiger partial charge in [-0.15, -0.1) is 69.6 Å². The largest absolute Gasteiger partial charge is 0.480 e. The van der Waals surface area contributed by atoms with Crippen molar-refractivity contribution in [1.82, 2.24) is 0 Å². The van der Waals surface area contributed by atoms with Crippen LogP contribution in [0, 0.1) is 10.8 Å². The molecule has 0 aliphatic rings. The van der Waals surface area contributed by atoms with Gasteiger partial charge in [-0.3, -0.25) is 9.59 Å². The molecule has 0 saturated heterocycles. The number of hydrogen-bond acceptors (Lipinski definition) is 2. The van der Waals surface area contributed by atoms with Gasteiger partial charge in [0.05, 0.1) is 0 Å². The van der Waals surface area contributed by atoms with Gasteiger partial charge in [0.1, 0.15) is 10.8 Å². The number of alkyl halides is 6. The second-order valence-electron chi connectivity index (χ2n) is 7.99. The molecule has 178 valence electrons. The van der Waals surface area contributed by atoms with E-state index in [-0.39, 0.29) is 23.5 Å². The molecule has 0 rings (SSSR count). The predicted molar refractivity (Wildman–Crippen MR) is 128 cm³/mol. The maximum Gasteiger partial charge on any atom is 0.322 e. The van der Waals surface area contributed by atoms with E-state index < -0.39 is 33.5 Å². The van der Waals surface area contributed by atoms with Crippen molar-refractivity contribution in [2.45, 2.75) is 75.0 Å². The van der Waals surface area contributed by atoms with Gasteiger partial charge in [-0.25, -0.2) is 0 Å². The van der Waals surface area contributed by atoms with Crippen molar-refractivity contribution in [2.75, 3.05) is 23.5 Å². The van der Waals surface area contributed by atoms with Gasteiger partial charge in [0.25, 0.3) is 0 Å². The van der Waals surface area contributed by atoms with E-state index in [4.69, 9.17) is 79.8 Å². The van der Waals surface area contributed by atoms with Crippen LogP contribution in [0.3, 0.4) is 0 Å². The zero-order valence-electron chi connectivity index (χ0n) is 17.0. The summed E-state index contributed by atoms with van der Waals surface area (Å²) in [5, 5.41) is 16.1. The van der Waals surface area contributed by atoms with Gasteiger partial charge in [-0.1, -0.05) is 51.4 Å². The van der Waals surface area contributed by atoms with E-state index in [2.05, 4.69) is 0 Å². The van der Waals surface area contributed by atoms with Crippen LogP contribution in [0.2, 0.25) is 0 Å². The van der Waals surface area contributed by atoms with Crippen LogP contribution in [0.5, 0.6) is 0 Å². The molecule has 0 saturated carbocycles. The number of rotatable bonds is 19. The monoisotopic (exact) mass is 546 g/mol. The summed E-state index contributed by atoms with van der Waals surface area (Å²) in [6, 6.07) is 0. The highest BCUT2D eigenvalue weighted by atomic mass is 35.5. The maximum atomic E-state index is 11.2. The number of unbranched alkanes of at least 4 members (excludes halogenated alkanes) is 7. The minimum atomic E-state index is -1.09. The Bertz CT molecular complexity index is 454. The van der Waals surface area contributed by atoms with E-state index >= 15 is 0 Å². The van der Waals surface area contributed by atoms with Crippen LogP contribution in [0.4, 0.5) is 0 Å². The summed E-state index contributed by atoms with van der Waals surface area (Å²) in [5.41, 5.74) is -1.58. The van der Waals surface area contributed by atoms with Crippen molar-refractivity contribution in [2.24, 2.45) is 10.8 Å². The van der Waals surface area contributed by atoms with Gasteiger partial charge in [0.2, 0.25) is 0 Å². The molecule has 10 heteroatoms. The molecule has 30 heavy (non-hydrogen) atoms. The fourth-order valence-electron chi connectivity index (χ4n) is 3.40. The first-order valence-corrected chi connectivity index (χ1v) is 13.1. The van der Waals surface area contributed by atoms with Gasteiger partial charge in [0.15, 0.2) is 0 Å². The number of carboxylic acids is 2. The van der Waals surface area contributed by atoms with Crippen LogP contribution in [-0.4, -0.2) is 56.4 Å². The van der Waals surface area contributed by atoms with E-state index in [1.807, 2.05) is 0 Å². The van der Waals surface area contributed by atoms with Gasteiger partial charge in [-0.2, -0.15) is 0 Å². The van der Waals surface area contributed by atoms with E-state index in [9.17, 15) is 9.59 Å². The first-order valence-electron chi connectivity index (χ1n) is 10.1. The third kappa shape index (κ3) is 9.67. The Kier molecular flexibility index (Phi) is 16.7. The lowest BCUT2D eigenvalue weighted by atomic mass is 9.82. The highest BCUT2D eigenvalue weighted by Crippen LogP contribution is 2.37. The molecular formula is C20H32Cl6O4. The number of hydrogen-bond donors (Lipinski definition) is 2. The number of aliphatic carboxylic acids is 2. The average molecular weight is 549 g/mol. The van der Waals surface area contributed by atoms with Gasteiger partial charge < -0.3 is 10.2 Å². The Morgan fingerprint density at radius 3 is 1.00 bits per heavy atom. The molecule has 2 N–H and O–H groups in total. The molecule has 0 radical (unpaired) electrons. The molecule has 0 aromatic heterocycles. The zero-order chi connectivity index (χ0) is 23.2. The van der Waals surface area contributed by atoms with E-state index in [0.29, 0.717) is 12.8 Å². The number of halogens is 6. The summed E-state index contributed by atoms with van der Waals surface area (Å²) in [6.07, 6.45) is 8.98. The molecule has 4 nitrogen and oxygen atoms in total. The summed E-state index contributed by atoms with van der Waals surface area (Å²) in [7, 11) is 0. The van der Waals surface area contributed by atoms with Crippen LogP contribution in [0.15, 0.2) is 0 Å². The quantitative estimate of drug-likeness (QED) is 0.132. The van der Waals surface area contributed by atoms with Crippen molar-refractivity contribution in [3.05, 3.63) is 0 Å². The third-order valence-corrected chi connectivity index (χ3v) is 9.10. The summed E-state index contributed by atoms with van der Waals surface area (Å²) in [5.74, 6) is -1.70. The van der Waals surface area contributed by atoms with Crippen molar-refractivity contribution in [1.29, 1.82) is 0 Å². The molecule has 0 aromatic rings. The van der Waals surface area contributed by atoms with Gasteiger partial charge in [0, 0.05) is 34.3 Å². The molecule has 2 unspecified atom stereocenters. The lowest BCUT2D eigenvalue weighted by molar-refractivity contribution is -0.139. The Labute approximate surface area is 209 Å². The predicted octanol–water partition coefficient (Wildman–Crippen LogP) is 7.20. The van der Waals surface area contributed by atoms with Crippen LogP contribution in [0.1, 0.15) is 64.2 Å². The fraction of sp³-hybridized carbons (Fsp3) is 0.900. The summed E-state index contributed by atoms with van der Waals surface area (Å²) in [6.45, 7) is 0. The topological polar surface area (TPSA) is 74.6 Å².